The predicted molar refractivity (Wildman–Crippen MR) is 145 cm³/mol. The molecule has 0 bridgehead atoms. The fourth-order valence-electron chi connectivity index (χ4n) is 3.04. The van der Waals surface area contributed by atoms with E-state index in [1.54, 1.807) is 11.1 Å². The summed E-state index contributed by atoms with van der Waals surface area (Å²) >= 11 is 0. The van der Waals surface area contributed by atoms with Crippen LogP contribution in [0.4, 0.5) is 32.0 Å². The molecule has 1 aromatic carbocycles. The van der Waals surface area contributed by atoms with Crippen molar-refractivity contribution in [2.45, 2.75) is 57.9 Å². The van der Waals surface area contributed by atoms with Crippen LogP contribution in [-0.4, -0.2) is 81.9 Å². The molecule has 242 valence electrons. The lowest BCUT2D eigenvalue weighted by Gasteiger charge is -2.26. The zero-order chi connectivity index (χ0) is 33.4. The Morgan fingerprint density at radius 2 is 1.49 bits per heavy atom. The first-order chi connectivity index (χ1) is 19.8. The van der Waals surface area contributed by atoms with Gasteiger partial charge in [0, 0.05) is 24.9 Å². The van der Waals surface area contributed by atoms with Gasteiger partial charge < -0.3 is 31.9 Å². The molecule has 7 N–H and O–H groups in total. The van der Waals surface area contributed by atoms with Crippen molar-refractivity contribution in [1.82, 2.24) is 9.88 Å². The van der Waals surface area contributed by atoms with Gasteiger partial charge in [-0.05, 0) is 43.9 Å². The summed E-state index contributed by atoms with van der Waals surface area (Å²) in [5.41, 5.74) is 13.1. The number of amides is 2. The van der Waals surface area contributed by atoms with E-state index >= 15 is 0 Å². The molecule has 43 heavy (non-hydrogen) atoms. The average Bonchev–Trinajstić information content (AvgIpc) is 2.90. The molecule has 2 rings (SSSR count). The van der Waals surface area contributed by atoms with Crippen molar-refractivity contribution in [3.63, 3.8) is 0 Å². The zero-order valence-electron chi connectivity index (χ0n) is 23.4. The van der Waals surface area contributed by atoms with Crippen LogP contribution >= 0.6 is 0 Å². The number of anilines is 1. The molecule has 1 atom stereocenters. The van der Waals surface area contributed by atoms with Crippen molar-refractivity contribution >= 4 is 40.3 Å². The third kappa shape index (κ3) is 16.9. The number of aromatic nitrogens is 1. The lowest BCUT2D eigenvalue weighted by molar-refractivity contribution is -0.193. The second-order valence-corrected chi connectivity index (χ2v) is 9.37. The molecule has 11 nitrogen and oxygen atoms in total. The Bertz CT molecular complexity index is 1170. The van der Waals surface area contributed by atoms with Gasteiger partial charge in [0.25, 0.3) is 0 Å². The number of nitrogens with zero attached hydrogens (tertiary/aromatic N) is 2. The van der Waals surface area contributed by atoms with Crippen molar-refractivity contribution < 1.29 is 55.7 Å². The van der Waals surface area contributed by atoms with E-state index in [0.29, 0.717) is 44.1 Å². The van der Waals surface area contributed by atoms with Gasteiger partial charge >= 0.3 is 24.3 Å². The van der Waals surface area contributed by atoms with E-state index in [9.17, 15) is 35.9 Å². The Labute approximate surface area is 243 Å². The minimum atomic E-state index is -5.08. The summed E-state index contributed by atoms with van der Waals surface area (Å²) in [6, 6.07) is 9.06. The molecule has 0 saturated carbocycles. The van der Waals surface area contributed by atoms with Crippen LogP contribution in [0.2, 0.25) is 0 Å². The summed E-state index contributed by atoms with van der Waals surface area (Å²) in [6.45, 7) is 5.66. The molecule has 0 aliphatic rings. The van der Waals surface area contributed by atoms with Gasteiger partial charge in [-0.1, -0.05) is 32.0 Å². The quantitative estimate of drug-likeness (QED) is 0.231. The van der Waals surface area contributed by atoms with E-state index in [1.165, 1.54) is 0 Å². The lowest BCUT2D eigenvalue weighted by atomic mass is 10.1. The van der Waals surface area contributed by atoms with Crippen LogP contribution in [0.5, 0.6) is 0 Å². The summed E-state index contributed by atoms with van der Waals surface area (Å²) in [6.07, 6.45) is -6.18. The van der Waals surface area contributed by atoms with E-state index in [2.05, 4.69) is 24.1 Å². The van der Waals surface area contributed by atoms with E-state index < -0.39 is 30.3 Å². The number of halogens is 6. The van der Waals surface area contributed by atoms with Crippen LogP contribution < -0.4 is 16.8 Å². The molecule has 0 aliphatic carbocycles. The van der Waals surface area contributed by atoms with Crippen LogP contribution in [0, 0.1) is 5.92 Å². The van der Waals surface area contributed by atoms with Gasteiger partial charge in [-0.3, -0.25) is 14.6 Å². The van der Waals surface area contributed by atoms with E-state index in [0.717, 1.165) is 17.3 Å². The number of hydrogen-bond acceptors (Lipinski definition) is 7. The molecule has 2 amide bonds. The van der Waals surface area contributed by atoms with Crippen LogP contribution in [0.25, 0.3) is 10.9 Å². The molecule has 0 spiro atoms. The summed E-state index contributed by atoms with van der Waals surface area (Å²) in [4.78, 5) is 49.0. The topological polar surface area (TPSA) is 189 Å². The summed E-state index contributed by atoms with van der Waals surface area (Å²) in [5, 5.41) is 18.1. The number of carboxylic acid groups (broad SMARTS) is 2. The molecule has 0 radical (unpaired) electrons. The van der Waals surface area contributed by atoms with Gasteiger partial charge in [-0.2, -0.15) is 26.3 Å². The van der Waals surface area contributed by atoms with Gasteiger partial charge in [0.15, 0.2) is 0 Å². The zero-order valence-corrected chi connectivity index (χ0v) is 23.4. The minimum absolute atomic E-state index is 0.112. The predicted octanol–water partition coefficient (Wildman–Crippen LogP) is 3.77. The molecular formula is C26H35F6N5O6. The first-order valence-electron chi connectivity index (χ1n) is 12.8. The van der Waals surface area contributed by atoms with Crippen LogP contribution in [0.15, 0.2) is 36.5 Å². The Morgan fingerprint density at radius 3 is 1.98 bits per heavy atom. The SMILES string of the molecule is CC(C)CCN(CCC(=O)Nc1cnc2ccccc2c1)C(=O)[C@H](N)CCCN.O=C(O)C(F)(F)F.O=C(O)C(F)(F)F. The number of hydrogen-bond donors (Lipinski definition) is 5. The Morgan fingerprint density at radius 1 is 0.953 bits per heavy atom. The number of aliphatic carboxylic acids is 2. The molecule has 17 heteroatoms. The molecule has 0 aliphatic heterocycles. The van der Waals surface area contributed by atoms with Gasteiger partial charge in [-0.25, -0.2) is 9.59 Å². The molecule has 1 heterocycles. The fourth-order valence-corrected chi connectivity index (χ4v) is 3.04. The molecule has 2 aromatic rings. The third-order valence-electron chi connectivity index (χ3n) is 5.29. The summed E-state index contributed by atoms with van der Waals surface area (Å²) in [7, 11) is 0. The number of pyridine rings is 1. The Balaban J connectivity index is 0.00000104. The van der Waals surface area contributed by atoms with E-state index in [1.807, 2.05) is 30.3 Å². The summed E-state index contributed by atoms with van der Waals surface area (Å²) < 4.78 is 63.5. The monoisotopic (exact) mass is 627 g/mol. The Kier molecular flexibility index (Phi) is 16.8. The normalized spacial score (nSPS) is 11.9. The molecular weight excluding hydrogens is 592 g/mol. The fraction of sp³-hybridized carbons (Fsp3) is 0.500. The van der Waals surface area contributed by atoms with Gasteiger partial charge in [0.2, 0.25) is 11.8 Å². The van der Waals surface area contributed by atoms with Crippen molar-refractivity contribution in [3.8, 4) is 0 Å². The van der Waals surface area contributed by atoms with Crippen molar-refractivity contribution in [2.24, 2.45) is 17.4 Å². The van der Waals surface area contributed by atoms with Gasteiger partial charge in [-0.15, -0.1) is 0 Å². The highest BCUT2D eigenvalue weighted by atomic mass is 19.4. The van der Waals surface area contributed by atoms with Crippen LogP contribution in [-0.2, 0) is 19.2 Å². The standard InChI is InChI=1S/C22H33N5O2.2C2HF3O2/c1-16(2)9-12-27(22(29)19(24)7-5-11-23)13-10-21(28)26-18-14-17-6-3-4-8-20(17)25-15-18;2*3-2(4,5)1(6)7/h3-4,6,8,14-16,19H,5,7,9-13,23-24H2,1-2H3,(H,26,28);2*(H,6,7)/t19-;;/m1../s1. The molecule has 1 aromatic heterocycles. The number of carbonyl (C=O) groups excluding carboxylic acids is 2. The number of nitrogens with two attached hydrogens (primary N) is 2. The number of para-hydroxylation sites is 1. The largest absolute Gasteiger partial charge is 0.490 e. The van der Waals surface area contributed by atoms with Crippen molar-refractivity contribution in [2.75, 3.05) is 25.0 Å². The second-order valence-electron chi connectivity index (χ2n) is 9.37. The maximum atomic E-state index is 12.7. The highest BCUT2D eigenvalue weighted by Gasteiger charge is 2.38. The third-order valence-corrected chi connectivity index (χ3v) is 5.29. The van der Waals surface area contributed by atoms with E-state index in [-0.39, 0.29) is 18.2 Å². The summed E-state index contributed by atoms with van der Waals surface area (Å²) in [5.74, 6) is -5.32. The number of fused-ring (bicyclic) bond motifs is 1. The second kappa shape index (κ2) is 18.5. The van der Waals surface area contributed by atoms with Crippen LogP contribution in [0.1, 0.15) is 39.5 Å². The van der Waals surface area contributed by atoms with Gasteiger partial charge in [0.1, 0.15) is 0 Å². The first kappa shape index (κ1) is 39.0. The maximum absolute atomic E-state index is 12.7. The smallest absolute Gasteiger partial charge is 0.475 e. The molecule has 0 fully saturated rings. The lowest BCUT2D eigenvalue weighted by Crippen LogP contribution is -2.45. The highest BCUT2D eigenvalue weighted by Crippen LogP contribution is 2.17. The van der Waals surface area contributed by atoms with Crippen LogP contribution in [0.3, 0.4) is 0 Å². The van der Waals surface area contributed by atoms with E-state index in [4.69, 9.17) is 31.3 Å². The number of alkyl halides is 6. The Hall–Kier alpha value is -3.99. The number of benzene rings is 1. The first-order valence-corrected chi connectivity index (χ1v) is 12.8. The maximum Gasteiger partial charge on any atom is 0.490 e. The number of nitrogens with one attached hydrogen (secondary N) is 1. The number of carboxylic acids is 2. The van der Waals surface area contributed by atoms with Crippen molar-refractivity contribution in [1.29, 1.82) is 0 Å². The van der Waals surface area contributed by atoms with Crippen molar-refractivity contribution in [3.05, 3.63) is 36.5 Å². The van der Waals surface area contributed by atoms with Gasteiger partial charge in [0.05, 0.1) is 23.4 Å². The molecule has 0 unspecified atom stereocenters. The number of carbonyl (C=O) groups is 4. The number of rotatable bonds is 11. The molecule has 0 saturated heterocycles. The minimum Gasteiger partial charge on any atom is -0.475 e. The average molecular weight is 628 g/mol. The highest BCUT2D eigenvalue weighted by molar-refractivity contribution is 5.93.